The van der Waals surface area contributed by atoms with Crippen LogP contribution < -0.4 is 0 Å². The molecule has 0 aliphatic heterocycles. The van der Waals surface area contributed by atoms with Crippen LogP contribution in [-0.4, -0.2) is 0 Å². The van der Waals surface area contributed by atoms with E-state index in [0.717, 1.165) is 12.8 Å². The third kappa shape index (κ3) is 4.67. The van der Waals surface area contributed by atoms with Crippen LogP contribution in [0.5, 0.6) is 0 Å². The van der Waals surface area contributed by atoms with Crippen molar-refractivity contribution in [3.63, 3.8) is 0 Å². The maximum absolute atomic E-state index is 4.40. The number of hydrogen-bond donors (Lipinski definition) is 0. The minimum atomic E-state index is 0.477. The molecule has 0 spiro atoms. The lowest BCUT2D eigenvalue weighted by molar-refractivity contribution is 0.586. The van der Waals surface area contributed by atoms with Gasteiger partial charge >= 0.3 is 0 Å². The Kier molecular flexibility index (Phi) is 6.78. The Morgan fingerprint density at radius 3 is 2.60 bits per heavy atom. The lowest BCUT2D eigenvalue weighted by Gasteiger charge is -2.25. The molecule has 110 valence electrons. The first kappa shape index (κ1) is 16.8. The maximum Gasteiger partial charge on any atom is 0.00527 e. The summed E-state index contributed by atoms with van der Waals surface area (Å²) in [6.45, 7) is 15.3. The van der Waals surface area contributed by atoms with Crippen LogP contribution in [0.3, 0.4) is 0 Å². The fraction of sp³-hybridized carbons (Fsp3) is 0.500. The summed E-state index contributed by atoms with van der Waals surface area (Å²) in [5.74, 6) is 1.08. The highest BCUT2D eigenvalue weighted by Crippen LogP contribution is 2.33. The molecule has 0 saturated carbocycles. The molecule has 0 bridgehead atoms. The summed E-state index contributed by atoms with van der Waals surface area (Å²) in [5, 5.41) is 0. The van der Waals surface area contributed by atoms with E-state index in [1.165, 1.54) is 28.7 Å². The van der Waals surface area contributed by atoms with Gasteiger partial charge in [-0.1, -0.05) is 55.0 Å². The molecule has 0 nitrogen and oxygen atoms in total. The first-order chi connectivity index (χ1) is 9.49. The lowest BCUT2D eigenvalue weighted by atomic mass is 9.80. The van der Waals surface area contributed by atoms with Crippen molar-refractivity contribution in [2.75, 3.05) is 0 Å². The number of allylic oxidation sites excluding steroid dienone is 9. The fourth-order valence-corrected chi connectivity index (χ4v) is 2.77. The normalized spacial score (nSPS) is 20.4. The molecule has 0 fully saturated rings. The van der Waals surface area contributed by atoms with Crippen molar-refractivity contribution >= 4 is 0 Å². The number of hydrogen-bond acceptors (Lipinski definition) is 0. The van der Waals surface area contributed by atoms with E-state index in [0.29, 0.717) is 11.8 Å². The van der Waals surface area contributed by atoms with Crippen molar-refractivity contribution in [2.24, 2.45) is 11.8 Å². The second-order valence-electron chi connectivity index (χ2n) is 6.04. The van der Waals surface area contributed by atoms with Gasteiger partial charge in [-0.15, -0.1) is 0 Å². The molecule has 0 heterocycles. The Hall–Kier alpha value is -1.30. The minimum Gasteiger partial charge on any atom is -0.0949 e. The van der Waals surface area contributed by atoms with E-state index < -0.39 is 0 Å². The van der Waals surface area contributed by atoms with Gasteiger partial charge in [0.25, 0.3) is 0 Å². The Morgan fingerprint density at radius 1 is 1.45 bits per heavy atom. The Bertz CT molecular complexity index is 450. The summed E-state index contributed by atoms with van der Waals surface area (Å²) in [7, 11) is 0. The monoisotopic (exact) mass is 270 g/mol. The van der Waals surface area contributed by atoms with Gasteiger partial charge in [0.2, 0.25) is 0 Å². The van der Waals surface area contributed by atoms with Crippen LogP contribution in [0.25, 0.3) is 0 Å². The van der Waals surface area contributed by atoms with E-state index in [1.807, 2.05) is 0 Å². The number of rotatable bonds is 6. The van der Waals surface area contributed by atoms with Gasteiger partial charge in [-0.3, -0.25) is 0 Å². The smallest absolute Gasteiger partial charge is 0.00527 e. The largest absolute Gasteiger partial charge is 0.0949 e. The highest BCUT2D eigenvalue weighted by atomic mass is 14.2. The predicted octanol–water partition coefficient (Wildman–Crippen LogP) is 6.39. The van der Waals surface area contributed by atoms with E-state index in [1.54, 1.807) is 0 Å². The molecule has 0 aromatic heterocycles. The molecule has 20 heavy (non-hydrogen) atoms. The van der Waals surface area contributed by atoms with E-state index >= 15 is 0 Å². The molecule has 1 rings (SSSR count). The molecule has 0 N–H and O–H groups in total. The molecule has 0 radical (unpaired) electrons. The molecule has 2 unspecified atom stereocenters. The molecule has 2 atom stereocenters. The first-order valence-corrected chi connectivity index (χ1v) is 7.83. The third-order valence-corrected chi connectivity index (χ3v) is 4.16. The van der Waals surface area contributed by atoms with Crippen molar-refractivity contribution in [3.05, 3.63) is 59.3 Å². The molecule has 1 aliphatic rings. The van der Waals surface area contributed by atoms with Crippen LogP contribution in [0.4, 0.5) is 0 Å². The van der Waals surface area contributed by atoms with E-state index in [2.05, 4.69) is 71.6 Å². The van der Waals surface area contributed by atoms with Crippen LogP contribution in [0, 0.1) is 11.8 Å². The third-order valence-electron chi connectivity index (χ3n) is 4.16. The zero-order valence-corrected chi connectivity index (χ0v) is 13.9. The van der Waals surface area contributed by atoms with Gasteiger partial charge < -0.3 is 0 Å². The van der Waals surface area contributed by atoms with Gasteiger partial charge in [-0.25, -0.2) is 0 Å². The second kappa shape index (κ2) is 8.09. The highest BCUT2D eigenvalue weighted by Gasteiger charge is 2.19. The van der Waals surface area contributed by atoms with Crippen LogP contribution in [0.15, 0.2) is 59.3 Å². The SMILES string of the molecule is C=C(C(=CC)C(CC)CC=C(C)C)C1C=CC(C)=CC1. The van der Waals surface area contributed by atoms with Gasteiger partial charge in [-0.2, -0.15) is 0 Å². The summed E-state index contributed by atoms with van der Waals surface area (Å²) in [5.41, 5.74) is 5.53. The summed E-state index contributed by atoms with van der Waals surface area (Å²) in [6.07, 6.45) is 14.9. The second-order valence-corrected chi connectivity index (χ2v) is 6.04. The van der Waals surface area contributed by atoms with E-state index in [9.17, 15) is 0 Å². The molecule has 1 aliphatic carbocycles. The van der Waals surface area contributed by atoms with Crippen LogP contribution in [0.2, 0.25) is 0 Å². The Labute approximate surface area is 125 Å². The van der Waals surface area contributed by atoms with Crippen LogP contribution in [-0.2, 0) is 0 Å². The van der Waals surface area contributed by atoms with Gasteiger partial charge in [0.15, 0.2) is 0 Å². The molecule has 0 heteroatoms. The van der Waals surface area contributed by atoms with E-state index in [-0.39, 0.29) is 0 Å². The topological polar surface area (TPSA) is 0 Å². The predicted molar refractivity (Wildman–Crippen MR) is 91.7 cm³/mol. The van der Waals surface area contributed by atoms with Gasteiger partial charge in [-0.05, 0) is 64.0 Å². The molecule has 0 aromatic carbocycles. The van der Waals surface area contributed by atoms with Gasteiger partial charge in [0, 0.05) is 5.92 Å². The summed E-state index contributed by atoms with van der Waals surface area (Å²) < 4.78 is 0. The quantitative estimate of drug-likeness (QED) is 0.387. The van der Waals surface area contributed by atoms with Crippen LogP contribution >= 0.6 is 0 Å². The van der Waals surface area contributed by atoms with Gasteiger partial charge in [0.1, 0.15) is 0 Å². The van der Waals surface area contributed by atoms with Gasteiger partial charge in [0.05, 0.1) is 0 Å². The first-order valence-electron chi connectivity index (χ1n) is 7.83. The summed E-state index contributed by atoms with van der Waals surface area (Å²) in [6, 6.07) is 0. The van der Waals surface area contributed by atoms with Crippen molar-refractivity contribution in [1.29, 1.82) is 0 Å². The molecule has 0 saturated heterocycles. The van der Waals surface area contributed by atoms with Crippen molar-refractivity contribution in [2.45, 2.75) is 53.9 Å². The minimum absolute atomic E-state index is 0.477. The van der Waals surface area contributed by atoms with E-state index in [4.69, 9.17) is 0 Å². The molecular weight excluding hydrogens is 240 g/mol. The summed E-state index contributed by atoms with van der Waals surface area (Å²) >= 11 is 0. The molecular formula is C20H30. The standard InChI is InChI=1S/C20H30/c1-7-18(12-9-15(3)4)20(8-2)17(6)19-13-10-16(5)11-14-19/h8-11,13,18-19H,6-7,12,14H2,1-5H3. The Morgan fingerprint density at radius 2 is 2.15 bits per heavy atom. The maximum atomic E-state index is 4.40. The Balaban J connectivity index is 2.82. The molecule has 0 amide bonds. The average molecular weight is 270 g/mol. The molecule has 0 aromatic rings. The van der Waals surface area contributed by atoms with Crippen molar-refractivity contribution in [1.82, 2.24) is 0 Å². The van der Waals surface area contributed by atoms with Crippen molar-refractivity contribution < 1.29 is 0 Å². The summed E-state index contributed by atoms with van der Waals surface area (Å²) in [4.78, 5) is 0. The average Bonchev–Trinajstić information content (AvgIpc) is 2.43. The zero-order chi connectivity index (χ0) is 15.1. The lowest BCUT2D eigenvalue weighted by Crippen LogP contribution is -2.11. The zero-order valence-electron chi connectivity index (χ0n) is 13.9. The highest BCUT2D eigenvalue weighted by molar-refractivity contribution is 5.38. The fourth-order valence-electron chi connectivity index (χ4n) is 2.77. The van der Waals surface area contributed by atoms with Crippen molar-refractivity contribution in [3.8, 4) is 0 Å². The van der Waals surface area contributed by atoms with Crippen LogP contribution in [0.1, 0.15) is 53.9 Å².